The largest absolute Gasteiger partial charge is 0.378 e. The van der Waals surface area contributed by atoms with E-state index in [2.05, 4.69) is 111 Å². The zero-order valence-electron chi connectivity index (χ0n) is 7.80. The predicted octanol–water partition coefficient (Wildman–Crippen LogP) is 4.76. The highest BCUT2D eigenvalue weighted by Gasteiger charge is 2.18. The second-order valence-electron chi connectivity index (χ2n) is 2.94. The molecular formula is C9H10I3NS. The summed E-state index contributed by atoms with van der Waals surface area (Å²) in [6, 6.07) is 8.60. The maximum absolute atomic E-state index is 2.43. The smallest absolute Gasteiger partial charge is 0.173 e. The number of thioether (sulfide) groups is 1. The van der Waals surface area contributed by atoms with E-state index in [1.165, 1.54) is 10.6 Å². The second-order valence-corrected chi connectivity index (χ2v) is 17.5. The third-order valence-corrected chi connectivity index (χ3v) is 4.27. The van der Waals surface area contributed by atoms with Crippen LogP contribution in [-0.4, -0.2) is 12.9 Å². The Morgan fingerprint density at radius 2 is 1.86 bits per heavy atom. The molecule has 78 valence electrons. The first kappa shape index (κ1) is 13.6. The summed E-state index contributed by atoms with van der Waals surface area (Å²) in [5, 5.41) is 0. The van der Waals surface area contributed by atoms with Crippen molar-refractivity contribution in [2.24, 2.45) is 0 Å². The number of anilines is 1. The molecule has 0 N–H and O–H groups in total. The summed E-state index contributed by atoms with van der Waals surface area (Å²) in [6.07, 6.45) is 0. The lowest BCUT2D eigenvalue weighted by molar-refractivity contribution is 1.12. The number of halogens is 3. The van der Waals surface area contributed by atoms with Gasteiger partial charge in [-0.2, -0.15) is 0 Å². The molecule has 0 saturated carbocycles. The van der Waals surface area contributed by atoms with Crippen molar-refractivity contribution in [2.45, 2.75) is 3.66 Å². The molecule has 0 heterocycles. The predicted molar refractivity (Wildman–Crippen MR) is 91.4 cm³/mol. The van der Waals surface area contributed by atoms with Gasteiger partial charge in [0.15, 0.2) is -1.23 Å². The summed E-state index contributed by atoms with van der Waals surface area (Å²) in [5.74, 6) is 0. The highest BCUT2D eigenvalue weighted by molar-refractivity contribution is 14.3. The van der Waals surface area contributed by atoms with Crippen LogP contribution in [0.3, 0.4) is 0 Å². The Morgan fingerprint density at radius 1 is 1.21 bits per heavy atom. The molecule has 0 amide bonds. The van der Waals surface area contributed by atoms with Crippen LogP contribution in [0.25, 0.3) is 0 Å². The average Bonchev–Trinajstić information content (AvgIpc) is 2.01. The van der Waals surface area contributed by atoms with Gasteiger partial charge in [0.05, 0.1) is 0 Å². The van der Waals surface area contributed by atoms with Gasteiger partial charge in [-0.05, 0) is 86.0 Å². The maximum atomic E-state index is 2.43. The third kappa shape index (κ3) is 5.06. The fourth-order valence-electron chi connectivity index (χ4n) is 0.959. The molecule has 5 heteroatoms. The van der Waals surface area contributed by atoms with Gasteiger partial charge in [0.25, 0.3) is 0 Å². The molecule has 0 spiro atoms. The fourth-order valence-corrected chi connectivity index (χ4v) is 3.84. The lowest BCUT2D eigenvalue weighted by Crippen LogP contribution is -2.08. The fraction of sp³-hybridized carbons (Fsp3) is 0.333. The van der Waals surface area contributed by atoms with Crippen LogP contribution < -0.4 is 4.90 Å². The van der Waals surface area contributed by atoms with Gasteiger partial charge in [-0.1, -0.05) is 17.8 Å². The van der Waals surface area contributed by atoms with Gasteiger partial charge in [-0.25, -0.2) is 0 Å². The van der Waals surface area contributed by atoms with Crippen molar-refractivity contribution in [1.82, 2.24) is 0 Å². The molecule has 0 radical (unpaired) electrons. The molecule has 1 aromatic rings. The first-order valence-electron chi connectivity index (χ1n) is 3.91. The van der Waals surface area contributed by atoms with E-state index in [9.17, 15) is 0 Å². The average molecular weight is 545 g/mol. The summed E-state index contributed by atoms with van der Waals surface area (Å²) in [7, 11) is 4.13. The van der Waals surface area contributed by atoms with Crippen molar-refractivity contribution < 1.29 is 0 Å². The molecule has 0 bridgehead atoms. The second kappa shape index (κ2) is 5.76. The summed E-state index contributed by atoms with van der Waals surface area (Å²) in [5.41, 5.74) is 1.25. The Balaban J connectivity index is 2.84. The monoisotopic (exact) mass is 545 g/mol. The van der Waals surface area contributed by atoms with Crippen LogP contribution in [0.15, 0.2) is 29.2 Å². The minimum atomic E-state index is 0.193. The number of nitrogens with zero attached hydrogens (tertiary/aromatic N) is 1. The minimum absolute atomic E-state index is 0.193. The molecule has 0 aliphatic rings. The van der Waals surface area contributed by atoms with E-state index in [1.807, 2.05) is 11.8 Å². The van der Waals surface area contributed by atoms with Gasteiger partial charge in [0.2, 0.25) is 0 Å². The molecule has 0 fully saturated rings. The van der Waals surface area contributed by atoms with Gasteiger partial charge >= 0.3 is 0 Å². The van der Waals surface area contributed by atoms with Crippen molar-refractivity contribution in [2.75, 3.05) is 19.0 Å². The standard InChI is InChI=1S/C9H10I3NS/c1-13(2)7-4-3-5-8(6-7)14-9(10,11)12/h3-6H,1-2H3. The third-order valence-electron chi connectivity index (χ3n) is 1.57. The maximum Gasteiger partial charge on any atom is 0.173 e. The van der Waals surface area contributed by atoms with E-state index in [0.717, 1.165) is 0 Å². The van der Waals surface area contributed by atoms with Gasteiger partial charge in [-0.3, -0.25) is 0 Å². The zero-order chi connectivity index (χ0) is 10.8. The molecule has 14 heavy (non-hydrogen) atoms. The Morgan fingerprint density at radius 3 is 2.36 bits per heavy atom. The van der Waals surface area contributed by atoms with E-state index in [4.69, 9.17) is 0 Å². The van der Waals surface area contributed by atoms with Crippen LogP contribution in [0.2, 0.25) is 0 Å². The number of benzene rings is 1. The van der Waals surface area contributed by atoms with Crippen molar-refractivity contribution in [3.05, 3.63) is 24.3 Å². The SMILES string of the molecule is CN(C)c1cccc(SC(I)(I)I)c1. The molecule has 0 atom stereocenters. The zero-order valence-corrected chi connectivity index (χ0v) is 15.1. The van der Waals surface area contributed by atoms with E-state index in [0.29, 0.717) is 0 Å². The topological polar surface area (TPSA) is 3.24 Å². The van der Waals surface area contributed by atoms with E-state index in [1.54, 1.807) is 0 Å². The Bertz CT molecular complexity index is 309. The van der Waals surface area contributed by atoms with E-state index >= 15 is 0 Å². The molecule has 0 aliphatic heterocycles. The van der Waals surface area contributed by atoms with Crippen molar-refractivity contribution in [3.8, 4) is 0 Å². The number of rotatable bonds is 3. The normalized spacial score (nSPS) is 11.5. The van der Waals surface area contributed by atoms with Crippen LogP contribution in [-0.2, 0) is 0 Å². The van der Waals surface area contributed by atoms with Crippen LogP contribution in [0, 0.1) is 0 Å². The van der Waals surface area contributed by atoms with Crippen LogP contribution in [0.5, 0.6) is 0 Å². The highest BCUT2D eigenvalue weighted by atomic mass is 127. The molecule has 1 rings (SSSR count). The van der Waals surface area contributed by atoms with E-state index < -0.39 is 0 Å². The summed E-state index contributed by atoms with van der Waals surface area (Å²) < 4.78 is 0.193. The van der Waals surface area contributed by atoms with Crippen molar-refractivity contribution >= 4 is 85.2 Å². The number of hydrogen-bond donors (Lipinski definition) is 0. The van der Waals surface area contributed by atoms with Gasteiger partial charge in [-0.15, -0.1) is 0 Å². The molecule has 0 aromatic heterocycles. The van der Waals surface area contributed by atoms with Crippen LogP contribution in [0.4, 0.5) is 5.69 Å². The molecule has 1 aromatic carbocycles. The van der Waals surface area contributed by atoms with Crippen molar-refractivity contribution in [3.63, 3.8) is 0 Å². The molecular weight excluding hydrogens is 535 g/mol. The van der Waals surface area contributed by atoms with E-state index in [-0.39, 0.29) is -1.23 Å². The summed E-state index contributed by atoms with van der Waals surface area (Å²) in [6.45, 7) is 0. The molecule has 0 aliphatic carbocycles. The summed E-state index contributed by atoms with van der Waals surface area (Å²) >= 11 is 9.16. The van der Waals surface area contributed by atoms with Gasteiger partial charge in [0.1, 0.15) is 0 Å². The quantitative estimate of drug-likeness (QED) is 0.307. The summed E-state index contributed by atoms with van der Waals surface area (Å²) in [4.78, 5) is 3.44. The first-order valence-corrected chi connectivity index (χ1v) is 7.97. The lowest BCUT2D eigenvalue weighted by atomic mass is 10.3. The molecule has 1 nitrogen and oxygen atoms in total. The van der Waals surface area contributed by atoms with Crippen LogP contribution in [0.1, 0.15) is 0 Å². The molecule has 0 saturated heterocycles. The Labute approximate surface area is 130 Å². The van der Waals surface area contributed by atoms with Gasteiger partial charge < -0.3 is 4.90 Å². The number of alkyl halides is 3. The van der Waals surface area contributed by atoms with Gasteiger partial charge in [0, 0.05) is 24.7 Å². The number of hydrogen-bond acceptors (Lipinski definition) is 2. The Hall–Kier alpha value is 1.56. The highest BCUT2D eigenvalue weighted by Crippen LogP contribution is 2.50. The lowest BCUT2D eigenvalue weighted by Gasteiger charge is -2.16. The van der Waals surface area contributed by atoms with Crippen LogP contribution >= 0.6 is 79.5 Å². The molecule has 0 unspecified atom stereocenters. The van der Waals surface area contributed by atoms with Crippen molar-refractivity contribution in [1.29, 1.82) is 0 Å². The minimum Gasteiger partial charge on any atom is -0.378 e. The Kier molecular flexibility index (Phi) is 5.60. The first-order chi connectivity index (χ1) is 6.38.